The summed E-state index contributed by atoms with van der Waals surface area (Å²) in [4.78, 5) is 16.6. The van der Waals surface area contributed by atoms with Crippen molar-refractivity contribution in [1.29, 1.82) is 0 Å². The second-order valence-corrected chi connectivity index (χ2v) is 7.74. The van der Waals surface area contributed by atoms with Crippen LogP contribution in [0.5, 0.6) is 0 Å². The number of nitrogens with zero attached hydrogens (tertiary/aromatic N) is 1. The summed E-state index contributed by atoms with van der Waals surface area (Å²) in [6.45, 7) is 2.15. The number of carbonyl (C=O) groups excluding carboxylic acids is 1. The first-order valence-corrected chi connectivity index (χ1v) is 10.2. The van der Waals surface area contributed by atoms with Crippen molar-refractivity contribution < 1.29 is 4.79 Å². The van der Waals surface area contributed by atoms with Crippen molar-refractivity contribution in [3.8, 4) is 0 Å². The molecular formula is C21H28ClN5O. The molecule has 0 spiro atoms. The van der Waals surface area contributed by atoms with Gasteiger partial charge < -0.3 is 11.1 Å². The molecule has 1 aromatic heterocycles. The highest BCUT2D eigenvalue weighted by Crippen LogP contribution is 2.27. The lowest BCUT2D eigenvalue weighted by atomic mass is 9.82. The molecule has 0 saturated heterocycles. The van der Waals surface area contributed by atoms with E-state index in [0.717, 1.165) is 31.5 Å². The number of rotatable bonds is 8. The van der Waals surface area contributed by atoms with Crippen LogP contribution in [0.4, 0.5) is 5.82 Å². The SMILES string of the molecule is NCC1CCC(CNNC(=O)c2ccc(NCc3ccccc3Cl)nc2)CC1. The molecule has 2 aromatic rings. The Labute approximate surface area is 171 Å². The van der Waals surface area contributed by atoms with E-state index in [9.17, 15) is 4.79 Å². The molecule has 0 unspecified atom stereocenters. The monoisotopic (exact) mass is 401 g/mol. The van der Waals surface area contributed by atoms with E-state index in [0.29, 0.717) is 34.8 Å². The minimum Gasteiger partial charge on any atom is -0.366 e. The Balaban J connectivity index is 1.40. The minimum absolute atomic E-state index is 0.180. The van der Waals surface area contributed by atoms with E-state index >= 15 is 0 Å². The van der Waals surface area contributed by atoms with Crippen molar-refractivity contribution >= 4 is 23.3 Å². The summed E-state index contributed by atoms with van der Waals surface area (Å²) in [5.74, 6) is 1.78. The highest BCUT2D eigenvalue weighted by molar-refractivity contribution is 6.31. The molecule has 1 amide bonds. The summed E-state index contributed by atoms with van der Waals surface area (Å²) in [5.41, 5.74) is 13.1. The van der Waals surface area contributed by atoms with Crippen molar-refractivity contribution in [2.75, 3.05) is 18.4 Å². The Morgan fingerprint density at radius 3 is 2.54 bits per heavy atom. The summed E-state index contributed by atoms with van der Waals surface area (Å²) in [5, 5.41) is 3.93. The van der Waals surface area contributed by atoms with Crippen molar-refractivity contribution in [2.24, 2.45) is 17.6 Å². The Hall–Kier alpha value is -2.15. The Bertz CT molecular complexity index is 760. The van der Waals surface area contributed by atoms with Gasteiger partial charge in [-0.2, -0.15) is 0 Å². The van der Waals surface area contributed by atoms with Gasteiger partial charge in [-0.05, 0) is 67.8 Å². The standard InChI is InChI=1S/C21H28ClN5O/c22-19-4-2-1-3-17(19)13-24-20-10-9-18(14-25-20)21(28)27-26-12-16-7-5-15(11-23)6-8-16/h1-4,9-10,14-16,26H,5-8,11-13,23H2,(H,24,25)(H,27,28). The molecule has 0 bridgehead atoms. The van der Waals surface area contributed by atoms with Gasteiger partial charge in [0.15, 0.2) is 0 Å². The van der Waals surface area contributed by atoms with Crippen LogP contribution in [-0.2, 0) is 6.54 Å². The zero-order valence-electron chi connectivity index (χ0n) is 16.0. The van der Waals surface area contributed by atoms with Gasteiger partial charge in [0.25, 0.3) is 5.91 Å². The first-order valence-electron chi connectivity index (χ1n) is 9.82. The Morgan fingerprint density at radius 2 is 1.86 bits per heavy atom. The number of carbonyl (C=O) groups is 1. The summed E-state index contributed by atoms with van der Waals surface area (Å²) in [6.07, 6.45) is 6.27. The zero-order valence-corrected chi connectivity index (χ0v) is 16.7. The van der Waals surface area contributed by atoms with Crippen LogP contribution < -0.4 is 21.9 Å². The van der Waals surface area contributed by atoms with E-state index in [1.165, 1.54) is 12.8 Å². The number of halogens is 1. The first-order chi connectivity index (χ1) is 13.7. The number of hydrogen-bond acceptors (Lipinski definition) is 5. The van der Waals surface area contributed by atoms with Crippen LogP contribution in [0.25, 0.3) is 0 Å². The number of anilines is 1. The van der Waals surface area contributed by atoms with Gasteiger partial charge >= 0.3 is 0 Å². The number of amides is 1. The van der Waals surface area contributed by atoms with Gasteiger partial charge in [-0.1, -0.05) is 29.8 Å². The van der Waals surface area contributed by atoms with Gasteiger partial charge in [-0.3, -0.25) is 10.2 Å². The fourth-order valence-electron chi connectivity index (χ4n) is 3.48. The highest BCUT2D eigenvalue weighted by atomic mass is 35.5. The molecule has 7 heteroatoms. The van der Waals surface area contributed by atoms with Gasteiger partial charge in [0, 0.05) is 24.3 Å². The second kappa shape index (κ2) is 10.4. The van der Waals surface area contributed by atoms with Crippen molar-refractivity contribution in [2.45, 2.75) is 32.2 Å². The molecule has 1 aliphatic rings. The van der Waals surface area contributed by atoms with Crippen LogP contribution >= 0.6 is 11.6 Å². The molecule has 150 valence electrons. The molecule has 0 atom stereocenters. The van der Waals surface area contributed by atoms with Crippen LogP contribution in [0.3, 0.4) is 0 Å². The number of hydrogen-bond donors (Lipinski definition) is 4. The average Bonchev–Trinajstić information content (AvgIpc) is 2.74. The molecule has 6 nitrogen and oxygen atoms in total. The zero-order chi connectivity index (χ0) is 19.8. The van der Waals surface area contributed by atoms with Gasteiger partial charge in [0.1, 0.15) is 5.82 Å². The fourth-order valence-corrected chi connectivity index (χ4v) is 3.68. The fraction of sp³-hybridized carbons (Fsp3) is 0.429. The largest absolute Gasteiger partial charge is 0.366 e. The Kier molecular flexibility index (Phi) is 7.65. The van der Waals surface area contributed by atoms with E-state index in [2.05, 4.69) is 21.2 Å². The van der Waals surface area contributed by atoms with E-state index in [1.54, 1.807) is 18.3 Å². The Morgan fingerprint density at radius 1 is 1.11 bits per heavy atom. The summed E-state index contributed by atoms with van der Waals surface area (Å²) in [6, 6.07) is 11.2. The number of nitrogens with two attached hydrogens (primary N) is 1. The maximum absolute atomic E-state index is 12.3. The molecule has 1 aliphatic carbocycles. The van der Waals surface area contributed by atoms with Crippen LogP contribution in [-0.4, -0.2) is 24.0 Å². The minimum atomic E-state index is -0.180. The first kappa shape index (κ1) is 20.6. The van der Waals surface area contributed by atoms with E-state index in [4.69, 9.17) is 17.3 Å². The van der Waals surface area contributed by atoms with E-state index < -0.39 is 0 Å². The highest BCUT2D eigenvalue weighted by Gasteiger charge is 2.20. The topological polar surface area (TPSA) is 92.1 Å². The van der Waals surface area contributed by atoms with Crippen molar-refractivity contribution in [1.82, 2.24) is 15.8 Å². The number of benzene rings is 1. The number of hydrazine groups is 1. The molecular weight excluding hydrogens is 374 g/mol. The predicted octanol–water partition coefficient (Wildman–Crippen LogP) is 3.35. The maximum atomic E-state index is 12.3. The molecule has 28 heavy (non-hydrogen) atoms. The summed E-state index contributed by atoms with van der Waals surface area (Å²) in [7, 11) is 0. The van der Waals surface area contributed by atoms with Crippen LogP contribution in [0.1, 0.15) is 41.6 Å². The lowest BCUT2D eigenvalue weighted by Crippen LogP contribution is -2.41. The third kappa shape index (κ3) is 5.92. The van der Waals surface area contributed by atoms with Crippen LogP contribution in [0.2, 0.25) is 5.02 Å². The van der Waals surface area contributed by atoms with Gasteiger partial charge in [-0.25, -0.2) is 10.4 Å². The lowest BCUT2D eigenvalue weighted by molar-refractivity contribution is 0.0927. The van der Waals surface area contributed by atoms with Crippen molar-refractivity contribution in [3.05, 3.63) is 58.7 Å². The molecule has 1 fully saturated rings. The third-order valence-corrected chi connectivity index (χ3v) is 5.70. The van der Waals surface area contributed by atoms with Crippen LogP contribution in [0, 0.1) is 11.8 Å². The van der Waals surface area contributed by atoms with Gasteiger partial charge in [0.05, 0.1) is 5.56 Å². The summed E-state index contributed by atoms with van der Waals surface area (Å²) >= 11 is 6.15. The molecule has 3 rings (SSSR count). The van der Waals surface area contributed by atoms with Gasteiger partial charge in [0.2, 0.25) is 0 Å². The quantitative estimate of drug-likeness (QED) is 0.509. The summed E-state index contributed by atoms with van der Waals surface area (Å²) < 4.78 is 0. The van der Waals surface area contributed by atoms with Gasteiger partial charge in [-0.15, -0.1) is 0 Å². The van der Waals surface area contributed by atoms with Crippen LogP contribution in [0.15, 0.2) is 42.6 Å². The smallest absolute Gasteiger partial charge is 0.266 e. The number of pyridine rings is 1. The maximum Gasteiger partial charge on any atom is 0.266 e. The third-order valence-electron chi connectivity index (χ3n) is 5.34. The molecule has 1 saturated carbocycles. The number of nitrogens with one attached hydrogen (secondary N) is 3. The van der Waals surface area contributed by atoms with E-state index in [1.807, 2.05) is 24.3 Å². The van der Waals surface area contributed by atoms with E-state index in [-0.39, 0.29) is 5.91 Å². The molecule has 1 heterocycles. The molecule has 0 radical (unpaired) electrons. The normalized spacial score (nSPS) is 19.2. The predicted molar refractivity (Wildman–Crippen MR) is 113 cm³/mol. The second-order valence-electron chi connectivity index (χ2n) is 7.33. The molecule has 5 N–H and O–H groups in total. The molecule has 0 aliphatic heterocycles. The average molecular weight is 402 g/mol. The lowest BCUT2D eigenvalue weighted by Gasteiger charge is -2.27. The van der Waals surface area contributed by atoms with Crippen molar-refractivity contribution in [3.63, 3.8) is 0 Å². The molecule has 1 aromatic carbocycles. The number of aromatic nitrogens is 1.